The topological polar surface area (TPSA) is 95.4 Å². The average molecular weight is 356 g/mol. The van der Waals surface area contributed by atoms with Crippen molar-refractivity contribution in [1.29, 1.82) is 0 Å². The van der Waals surface area contributed by atoms with E-state index >= 15 is 0 Å². The number of nitrogens with zero attached hydrogens (tertiary/aromatic N) is 5. The average Bonchev–Trinajstić information content (AvgIpc) is 2.97. The maximum absolute atomic E-state index is 12.5. The molecule has 0 spiro atoms. The first kappa shape index (κ1) is 17.5. The van der Waals surface area contributed by atoms with Gasteiger partial charge in [0.15, 0.2) is 11.2 Å². The van der Waals surface area contributed by atoms with Gasteiger partial charge < -0.3 is 9.30 Å². The van der Waals surface area contributed by atoms with Crippen LogP contribution in [0.25, 0.3) is 11.2 Å². The van der Waals surface area contributed by atoms with Gasteiger partial charge in [-0.05, 0) is 24.6 Å². The molecule has 26 heavy (non-hydrogen) atoms. The Balaban J connectivity index is 1.99. The Labute approximate surface area is 149 Å². The van der Waals surface area contributed by atoms with Crippen molar-refractivity contribution < 1.29 is 4.74 Å². The minimum Gasteiger partial charge on any atom is -0.497 e. The van der Waals surface area contributed by atoms with Crippen LogP contribution in [0.5, 0.6) is 5.75 Å². The molecule has 2 heterocycles. The van der Waals surface area contributed by atoms with Crippen molar-refractivity contribution in [1.82, 2.24) is 18.7 Å². The van der Waals surface area contributed by atoms with E-state index in [0.717, 1.165) is 11.3 Å². The van der Waals surface area contributed by atoms with Crippen LogP contribution in [-0.2, 0) is 20.6 Å². The second-order valence-corrected chi connectivity index (χ2v) is 5.70. The predicted molar refractivity (Wildman–Crippen MR) is 100 cm³/mol. The number of hydrogen-bond donors (Lipinski definition) is 1. The highest BCUT2D eigenvalue weighted by molar-refractivity contribution is 5.81. The second-order valence-electron chi connectivity index (χ2n) is 5.70. The Morgan fingerprint density at radius 3 is 2.73 bits per heavy atom. The molecule has 1 N–H and O–H groups in total. The maximum Gasteiger partial charge on any atom is 0.332 e. The number of hydrogen-bond acceptors (Lipinski definition) is 6. The molecule has 3 rings (SSSR count). The number of rotatable bonds is 5. The fourth-order valence-corrected chi connectivity index (χ4v) is 2.71. The van der Waals surface area contributed by atoms with Gasteiger partial charge in [0, 0.05) is 20.6 Å². The van der Waals surface area contributed by atoms with Gasteiger partial charge in [0.25, 0.3) is 5.56 Å². The second kappa shape index (κ2) is 6.87. The van der Waals surface area contributed by atoms with Crippen LogP contribution in [0.1, 0.15) is 12.5 Å². The monoisotopic (exact) mass is 356 g/mol. The zero-order chi connectivity index (χ0) is 18.8. The van der Waals surface area contributed by atoms with E-state index in [-0.39, 0.29) is 5.56 Å². The van der Waals surface area contributed by atoms with Gasteiger partial charge >= 0.3 is 5.69 Å². The van der Waals surface area contributed by atoms with Crippen molar-refractivity contribution in [3.63, 3.8) is 0 Å². The van der Waals surface area contributed by atoms with Crippen molar-refractivity contribution in [3.05, 3.63) is 50.7 Å². The molecular formula is C17H20N6O3. The summed E-state index contributed by atoms with van der Waals surface area (Å²) >= 11 is 0. The molecule has 0 atom stereocenters. The van der Waals surface area contributed by atoms with E-state index in [2.05, 4.69) is 15.5 Å². The lowest BCUT2D eigenvalue weighted by Gasteiger charge is -2.05. The number of benzene rings is 1. The van der Waals surface area contributed by atoms with Crippen molar-refractivity contribution in [2.75, 3.05) is 12.5 Å². The van der Waals surface area contributed by atoms with E-state index in [1.54, 1.807) is 38.9 Å². The molecule has 136 valence electrons. The zero-order valence-electron chi connectivity index (χ0n) is 15.1. The van der Waals surface area contributed by atoms with Crippen LogP contribution in [-0.4, -0.2) is 32.0 Å². The van der Waals surface area contributed by atoms with E-state index in [0.29, 0.717) is 23.7 Å². The number of ether oxygens (including phenoxy) is 1. The highest BCUT2D eigenvalue weighted by Crippen LogP contribution is 2.14. The highest BCUT2D eigenvalue weighted by atomic mass is 16.5. The summed E-state index contributed by atoms with van der Waals surface area (Å²) in [5.74, 6) is 1.09. The lowest BCUT2D eigenvalue weighted by Crippen LogP contribution is -2.39. The Morgan fingerprint density at radius 2 is 2.04 bits per heavy atom. The van der Waals surface area contributed by atoms with Crippen LogP contribution < -0.4 is 21.4 Å². The number of methoxy groups -OCH3 is 1. The van der Waals surface area contributed by atoms with Crippen LogP contribution in [0.4, 0.5) is 5.95 Å². The van der Waals surface area contributed by atoms with Crippen molar-refractivity contribution >= 4 is 23.3 Å². The van der Waals surface area contributed by atoms with Gasteiger partial charge in [-0.25, -0.2) is 10.2 Å². The Morgan fingerprint density at radius 1 is 1.27 bits per heavy atom. The van der Waals surface area contributed by atoms with Crippen LogP contribution in [0, 0.1) is 0 Å². The molecule has 2 aromatic heterocycles. The number of hydrazone groups is 1. The maximum atomic E-state index is 12.5. The van der Waals surface area contributed by atoms with Gasteiger partial charge in [0.05, 0.1) is 13.3 Å². The molecule has 0 aliphatic rings. The summed E-state index contributed by atoms with van der Waals surface area (Å²) < 4.78 is 9.29. The number of aromatic nitrogens is 4. The standard InChI is InChI=1S/C17H20N6O3/c1-5-23-15(24)13-14(22(3)17(23)25)19-16(21(13)2)20-18-10-11-7-6-8-12(9-11)26-4/h6-10H,5H2,1-4H3,(H,19,20)/b18-10-. The summed E-state index contributed by atoms with van der Waals surface area (Å²) in [4.78, 5) is 29.1. The molecule has 9 heteroatoms. The number of nitrogens with one attached hydrogen (secondary N) is 1. The lowest BCUT2D eigenvalue weighted by molar-refractivity contribution is 0.415. The van der Waals surface area contributed by atoms with E-state index < -0.39 is 5.69 Å². The highest BCUT2D eigenvalue weighted by Gasteiger charge is 2.17. The molecular weight excluding hydrogens is 336 g/mol. The van der Waals surface area contributed by atoms with Gasteiger partial charge in [-0.15, -0.1) is 0 Å². The lowest BCUT2D eigenvalue weighted by atomic mass is 10.2. The molecule has 0 aliphatic carbocycles. The fourth-order valence-electron chi connectivity index (χ4n) is 2.71. The van der Waals surface area contributed by atoms with Crippen molar-refractivity contribution in [2.45, 2.75) is 13.5 Å². The first-order valence-electron chi connectivity index (χ1n) is 8.07. The number of imidazole rings is 1. The molecule has 0 amide bonds. The van der Waals surface area contributed by atoms with Crippen LogP contribution in [0.15, 0.2) is 39.0 Å². The molecule has 0 saturated carbocycles. The molecule has 0 unspecified atom stereocenters. The molecule has 1 aromatic carbocycles. The van der Waals surface area contributed by atoms with Crippen molar-refractivity contribution in [2.24, 2.45) is 19.2 Å². The summed E-state index contributed by atoms with van der Waals surface area (Å²) in [6.45, 7) is 2.05. The van der Waals surface area contributed by atoms with Gasteiger partial charge in [-0.2, -0.15) is 10.1 Å². The summed E-state index contributed by atoms with van der Waals surface area (Å²) in [6.07, 6.45) is 1.62. The molecule has 0 aliphatic heterocycles. The summed E-state index contributed by atoms with van der Waals surface area (Å²) in [7, 11) is 4.89. The van der Waals surface area contributed by atoms with Gasteiger partial charge in [-0.3, -0.25) is 13.9 Å². The van der Waals surface area contributed by atoms with E-state index in [9.17, 15) is 9.59 Å². The van der Waals surface area contributed by atoms with E-state index in [1.165, 1.54) is 9.13 Å². The summed E-state index contributed by atoms with van der Waals surface area (Å²) in [6, 6.07) is 7.42. The summed E-state index contributed by atoms with van der Waals surface area (Å²) in [5.41, 5.74) is 3.55. The van der Waals surface area contributed by atoms with Crippen LogP contribution in [0.2, 0.25) is 0 Å². The van der Waals surface area contributed by atoms with Crippen molar-refractivity contribution in [3.8, 4) is 5.75 Å². The van der Waals surface area contributed by atoms with Gasteiger partial charge in [0.2, 0.25) is 5.95 Å². The minimum atomic E-state index is -0.394. The molecule has 0 fully saturated rings. The molecule has 3 aromatic rings. The molecule has 9 nitrogen and oxygen atoms in total. The molecule has 0 radical (unpaired) electrons. The van der Waals surface area contributed by atoms with Crippen LogP contribution >= 0.6 is 0 Å². The number of anilines is 1. The first-order valence-corrected chi connectivity index (χ1v) is 8.07. The zero-order valence-corrected chi connectivity index (χ0v) is 15.1. The third kappa shape index (κ3) is 2.87. The third-order valence-corrected chi connectivity index (χ3v) is 4.15. The normalized spacial score (nSPS) is 11.4. The minimum absolute atomic E-state index is 0.295. The molecule has 0 bridgehead atoms. The smallest absolute Gasteiger partial charge is 0.332 e. The van der Waals surface area contributed by atoms with E-state index in [4.69, 9.17) is 4.74 Å². The SMILES string of the molecule is CCn1c(=O)c2c(nc(N/N=C\c3cccc(OC)c3)n2C)n(C)c1=O. The van der Waals surface area contributed by atoms with Crippen LogP contribution in [0.3, 0.4) is 0 Å². The number of aryl methyl sites for hydroxylation is 2. The molecule has 0 saturated heterocycles. The Hall–Kier alpha value is -3.36. The van der Waals surface area contributed by atoms with Gasteiger partial charge in [-0.1, -0.05) is 12.1 Å². The Kier molecular flexibility index (Phi) is 4.61. The Bertz CT molecular complexity index is 1110. The first-order chi connectivity index (χ1) is 12.5. The summed E-state index contributed by atoms with van der Waals surface area (Å²) in [5, 5.41) is 4.16. The van der Waals surface area contributed by atoms with E-state index in [1.807, 2.05) is 24.3 Å². The quantitative estimate of drug-likeness (QED) is 0.541. The van der Waals surface area contributed by atoms with Gasteiger partial charge in [0.1, 0.15) is 5.75 Å². The largest absolute Gasteiger partial charge is 0.497 e. The predicted octanol–water partition coefficient (Wildman–Crippen LogP) is 0.908. The third-order valence-electron chi connectivity index (χ3n) is 4.15. The fraction of sp³-hybridized carbons (Fsp3) is 0.294. The number of fused-ring (bicyclic) bond motifs is 1.